The molecule has 0 N–H and O–H groups in total. The van der Waals surface area contributed by atoms with Crippen LogP contribution in [0.5, 0.6) is 0 Å². The van der Waals surface area contributed by atoms with E-state index in [0.717, 1.165) is 10.4 Å². The van der Waals surface area contributed by atoms with E-state index in [9.17, 15) is 4.39 Å². The quantitative estimate of drug-likeness (QED) is 0.628. The minimum atomic E-state index is -0.449. The Labute approximate surface area is 118 Å². The first kappa shape index (κ1) is 13.1. The van der Waals surface area contributed by atoms with E-state index in [1.165, 1.54) is 10.9 Å². The lowest BCUT2D eigenvalue weighted by Gasteiger charge is -2.12. The highest BCUT2D eigenvalue weighted by molar-refractivity contribution is 9.10. The second-order valence-electron chi connectivity index (χ2n) is 3.87. The van der Waals surface area contributed by atoms with Gasteiger partial charge in [0, 0.05) is 19.8 Å². The van der Waals surface area contributed by atoms with Gasteiger partial charge in [-0.05, 0) is 37.6 Å². The number of aryl methyl sites for hydroxylation is 2. The Hall–Kier alpha value is -0.380. The van der Waals surface area contributed by atoms with Crippen molar-refractivity contribution in [3.63, 3.8) is 0 Å². The van der Waals surface area contributed by atoms with Crippen molar-refractivity contribution in [3.8, 4) is 0 Å². The smallest absolute Gasteiger partial charge is 0.129 e. The Morgan fingerprint density at radius 2 is 2.06 bits per heavy atom. The first-order valence-electron chi connectivity index (χ1n) is 5.15. The molecule has 0 aliphatic rings. The van der Waals surface area contributed by atoms with E-state index >= 15 is 0 Å². The molecule has 1 aromatic carbocycles. The second-order valence-corrected chi connectivity index (χ2v) is 6.62. The number of thiophene rings is 1. The van der Waals surface area contributed by atoms with Gasteiger partial charge in [0.1, 0.15) is 5.82 Å². The maximum absolute atomic E-state index is 13.8. The second kappa shape index (κ2) is 5.09. The third kappa shape index (κ3) is 2.56. The minimum Gasteiger partial charge on any atom is -0.207 e. The lowest BCUT2D eigenvalue weighted by molar-refractivity contribution is 0.611. The zero-order valence-electron chi connectivity index (χ0n) is 9.43. The highest BCUT2D eigenvalue weighted by Crippen LogP contribution is 2.39. The van der Waals surface area contributed by atoms with Gasteiger partial charge in [0.25, 0.3) is 0 Å². The van der Waals surface area contributed by atoms with Gasteiger partial charge in [-0.15, -0.1) is 22.9 Å². The molecular formula is C13H11BrClFS. The third-order valence-corrected chi connectivity index (χ3v) is 4.73. The molecule has 0 nitrogen and oxygen atoms in total. The van der Waals surface area contributed by atoms with Crippen LogP contribution in [0.25, 0.3) is 0 Å². The van der Waals surface area contributed by atoms with E-state index in [-0.39, 0.29) is 5.82 Å². The molecule has 0 aliphatic carbocycles. The average Bonchev–Trinajstić information content (AvgIpc) is 2.57. The number of alkyl halides is 1. The fraction of sp³-hybridized carbons (Fsp3) is 0.231. The summed E-state index contributed by atoms with van der Waals surface area (Å²) < 4.78 is 14.5. The van der Waals surface area contributed by atoms with Crippen LogP contribution in [0.2, 0.25) is 0 Å². The molecule has 2 aromatic rings. The van der Waals surface area contributed by atoms with Crippen LogP contribution in [-0.4, -0.2) is 0 Å². The van der Waals surface area contributed by atoms with Crippen LogP contribution in [0.15, 0.2) is 28.7 Å². The zero-order valence-corrected chi connectivity index (χ0v) is 12.6. The summed E-state index contributed by atoms with van der Waals surface area (Å²) in [6.45, 7) is 4.04. The summed E-state index contributed by atoms with van der Waals surface area (Å²) in [6.07, 6.45) is 0. The van der Waals surface area contributed by atoms with Gasteiger partial charge in [-0.2, -0.15) is 0 Å². The number of benzene rings is 1. The summed E-state index contributed by atoms with van der Waals surface area (Å²) in [6, 6.07) is 6.93. The molecule has 0 saturated carbocycles. The molecule has 1 aromatic heterocycles. The number of rotatable bonds is 2. The summed E-state index contributed by atoms with van der Waals surface area (Å²) >= 11 is 11.4. The van der Waals surface area contributed by atoms with Crippen LogP contribution in [0.3, 0.4) is 0 Å². The van der Waals surface area contributed by atoms with Gasteiger partial charge in [0.2, 0.25) is 0 Å². The van der Waals surface area contributed by atoms with Gasteiger partial charge in [-0.1, -0.05) is 22.0 Å². The number of hydrogen-bond donors (Lipinski definition) is 0. The van der Waals surface area contributed by atoms with Crippen LogP contribution >= 0.6 is 38.9 Å². The molecule has 0 amide bonds. The van der Waals surface area contributed by atoms with E-state index in [1.54, 1.807) is 17.4 Å². The molecule has 1 atom stereocenters. The van der Waals surface area contributed by atoms with Crippen molar-refractivity contribution in [1.82, 2.24) is 0 Å². The lowest BCUT2D eigenvalue weighted by atomic mass is 10.0. The van der Waals surface area contributed by atoms with E-state index in [1.807, 2.05) is 26.0 Å². The molecule has 0 bridgehead atoms. The average molecular weight is 334 g/mol. The molecule has 1 heterocycles. The number of halogens is 3. The van der Waals surface area contributed by atoms with Crippen LogP contribution in [0, 0.1) is 19.7 Å². The van der Waals surface area contributed by atoms with Crippen molar-refractivity contribution >= 4 is 38.9 Å². The van der Waals surface area contributed by atoms with Gasteiger partial charge in [-0.3, -0.25) is 0 Å². The molecule has 1 unspecified atom stereocenters. The fourth-order valence-electron chi connectivity index (χ4n) is 1.81. The predicted molar refractivity (Wildman–Crippen MR) is 75.6 cm³/mol. The minimum absolute atomic E-state index is 0.275. The first-order chi connectivity index (χ1) is 8.00. The summed E-state index contributed by atoms with van der Waals surface area (Å²) in [5.74, 6) is -0.275. The van der Waals surface area contributed by atoms with Gasteiger partial charge in [-0.25, -0.2) is 4.39 Å². The normalized spacial score (nSPS) is 12.8. The van der Waals surface area contributed by atoms with Crippen molar-refractivity contribution in [2.75, 3.05) is 0 Å². The van der Waals surface area contributed by atoms with Crippen molar-refractivity contribution in [2.45, 2.75) is 19.2 Å². The van der Waals surface area contributed by atoms with E-state index < -0.39 is 5.38 Å². The van der Waals surface area contributed by atoms with E-state index in [4.69, 9.17) is 11.6 Å². The Morgan fingerprint density at radius 1 is 1.35 bits per heavy atom. The predicted octanol–water partition coefficient (Wildman–Crippen LogP) is 5.59. The lowest BCUT2D eigenvalue weighted by Crippen LogP contribution is -1.98. The largest absolute Gasteiger partial charge is 0.207 e. The van der Waals surface area contributed by atoms with Crippen LogP contribution < -0.4 is 0 Å². The van der Waals surface area contributed by atoms with Crippen LogP contribution in [-0.2, 0) is 0 Å². The molecule has 0 radical (unpaired) electrons. The molecule has 2 rings (SSSR count). The van der Waals surface area contributed by atoms with Gasteiger partial charge in [0.15, 0.2) is 0 Å². The summed E-state index contributed by atoms with van der Waals surface area (Å²) in [5.41, 5.74) is 1.50. The van der Waals surface area contributed by atoms with Crippen LogP contribution in [0.1, 0.15) is 26.3 Å². The van der Waals surface area contributed by atoms with Gasteiger partial charge < -0.3 is 0 Å². The molecule has 0 fully saturated rings. The Balaban J connectivity index is 2.51. The SMILES string of the molecule is Cc1cc(C(Cl)c2c(F)cccc2Br)c(C)s1. The molecule has 0 saturated heterocycles. The van der Waals surface area contributed by atoms with Crippen molar-refractivity contribution < 1.29 is 4.39 Å². The molecule has 0 spiro atoms. The monoisotopic (exact) mass is 332 g/mol. The Morgan fingerprint density at radius 3 is 2.59 bits per heavy atom. The molecule has 90 valence electrons. The van der Waals surface area contributed by atoms with E-state index in [2.05, 4.69) is 15.9 Å². The highest BCUT2D eigenvalue weighted by atomic mass is 79.9. The van der Waals surface area contributed by atoms with Crippen molar-refractivity contribution in [1.29, 1.82) is 0 Å². The third-order valence-electron chi connectivity index (χ3n) is 2.61. The summed E-state index contributed by atoms with van der Waals surface area (Å²) in [5, 5.41) is -0.449. The molecule has 4 heteroatoms. The molecule has 17 heavy (non-hydrogen) atoms. The number of hydrogen-bond acceptors (Lipinski definition) is 1. The Kier molecular flexibility index (Phi) is 3.91. The zero-order chi connectivity index (χ0) is 12.6. The van der Waals surface area contributed by atoms with Crippen molar-refractivity contribution in [3.05, 3.63) is 55.4 Å². The summed E-state index contributed by atoms with van der Waals surface area (Å²) in [4.78, 5) is 2.33. The van der Waals surface area contributed by atoms with E-state index in [0.29, 0.717) is 10.0 Å². The summed E-state index contributed by atoms with van der Waals surface area (Å²) in [7, 11) is 0. The fourth-order valence-corrected chi connectivity index (χ4v) is 3.99. The maximum Gasteiger partial charge on any atom is 0.129 e. The molecular weight excluding hydrogens is 323 g/mol. The Bertz CT molecular complexity index is 530. The standard InChI is InChI=1S/C13H11BrClFS/c1-7-6-9(8(2)17-7)13(15)12-10(14)4-3-5-11(12)16/h3-6,13H,1-2H3. The van der Waals surface area contributed by atoms with Gasteiger partial charge >= 0.3 is 0 Å². The topological polar surface area (TPSA) is 0 Å². The van der Waals surface area contributed by atoms with Gasteiger partial charge in [0.05, 0.1) is 5.38 Å². The van der Waals surface area contributed by atoms with Crippen LogP contribution in [0.4, 0.5) is 4.39 Å². The highest BCUT2D eigenvalue weighted by Gasteiger charge is 2.21. The molecule has 0 aliphatic heterocycles. The van der Waals surface area contributed by atoms with Crippen molar-refractivity contribution in [2.24, 2.45) is 0 Å². The first-order valence-corrected chi connectivity index (χ1v) is 7.20. The maximum atomic E-state index is 13.8.